The van der Waals surface area contributed by atoms with Crippen molar-refractivity contribution in [3.05, 3.63) is 0 Å². The van der Waals surface area contributed by atoms with Crippen LogP contribution in [-0.4, -0.2) is 53.8 Å². The number of amides is 2. The van der Waals surface area contributed by atoms with Crippen LogP contribution in [0.1, 0.15) is 38.5 Å². The lowest BCUT2D eigenvalue weighted by Crippen LogP contribution is -2.54. The molecule has 2 rings (SSSR count). The van der Waals surface area contributed by atoms with Crippen LogP contribution < -0.4 is 5.32 Å². The van der Waals surface area contributed by atoms with Crippen molar-refractivity contribution < 1.29 is 19.4 Å². The minimum Gasteiger partial charge on any atom is -0.481 e. The molecule has 2 fully saturated rings. The highest BCUT2D eigenvalue weighted by Crippen LogP contribution is 2.33. The molecule has 2 amide bonds. The second kappa shape index (κ2) is 5.77. The zero-order valence-corrected chi connectivity index (χ0v) is 11.4. The average Bonchev–Trinajstić information content (AvgIpc) is 2.98. The zero-order chi connectivity index (χ0) is 13.9. The Balaban J connectivity index is 1.96. The topological polar surface area (TPSA) is 78.9 Å². The molecular weight excluding hydrogens is 248 g/mol. The van der Waals surface area contributed by atoms with Crippen molar-refractivity contribution in [3.8, 4) is 0 Å². The van der Waals surface area contributed by atoms with Crippen LogP contribution in [0.2, 0.25) is 0 Å². The molecule has 1 saturated heterocycles. The van der Waals surface area contributed by atoms with Gasteiger partial charge in [0.1, 0.15) is 0 Å². The van der Waals surface area contributed by atoms with E-state index in [2.05, 4.69) is 5.32 Å². The molecule has 6 nitrogen and oxygen atoms in total. The quantitative estimate of drug-likeness (QED) is 0.804. The lowest BCUT2D eigenvalue weighted by atomic mass is 9.93. The molecule has 1 saturated carbocycles. The van der Waals surface area contributed by atoms with Gasteiger partial charge >= 0.3 is 12.0 Å². The molecule has 1 heterocycles. The molecule has 2 N–H and O–H groups in total. The average molecular weight is 270 g/mol. The predicted molar refractivity (Wildman–Crippen MR) is 69.0 cm³/mol. The van der Waals surface area contributed by atoms with Crippen molar-refractivity contribution in [2.75, 3.05) is 20.3 Å². The van der Waals surface area contributed by atoms with Crippen LogP contribution in [0.5, 0.6) is 0 Å². The number of carboxylic acid groups (broad SMARTS) is 1. The van der Waals surface area contributed by atoms with E-state index in [4.69, 9.17) is 9.84 Å². The molecule has 0 radical (unpaired) electrons. The number of rotatable bonds is 4. The molecule has 6 heteroatoms. The van der Waals surface area contributed by atoms with E-state index in [0.29, 0.717) is 13.2 Å². The third-order valence-electron chi connectivity index (χ3n) is 4.20. The molecule has 2 aliphatic rings. The van der Waals surface area contributed by atoms with Crippen molar-refractivity contribution in [2.45, 2.75) is 50.1 Å². The van der Waals surface area contributed by atoms with Gasteiger partial charge < -0.3 is 20.1 Å². The highest BCUT2D eigenvalue weighted by molar-refractivity contribution is 5.77. The minimum atomic E-state index is -0.853. The van der Waals surface area contributed by atoms with Crippen molar-refractivity contribution in [1.82, 2.24) is 10.2 Å². The molecule has 1 unspecified atom stereocenters. The fraction of sp³-hybridized carbons (Fsp3) is 0.846. The van der Waals surface area contributed by atoms with Crippen LogP contribution >= 0.6 is 0 Å². The fourth-order valence-corrected chi connectivity index (χ4v) is 3.00. The lowest BCUT2D eigenvalue weighted by Gasteiger charge is -2.33. The standard InChI is InChI=1S/C13H22N2O4/c1-15(10-4-7-19-9-10)12(18)14-13(8-11(16)17)5-2-3-6-13/h10H,2-9H2,1H3,(H,14,18)(H,16,17). The Morgan fingerprint density at radius 2 is 2.11 bits per heavy atom. The van der Waals surface area contributed by atoms with Gasteiger partial charge in [0, 0.05) is 13.7 Å². The van der Waals surface area contributed by atoms with Gasteiger partial charge in [0.15, 0.2) is 0 Å². The molecule has 1 aliphatic carbocycles. The largest absolute Gasteiger partial charge is 0.481 e. The van der Waals surface area contributed by atoms with E-state index >= 15 is 0 Å². The minimum absolute atomic E-state index is 0.00769. The van der Waals surface area contributed by atoms with E-state index in [1.807, 2.05) is 0 Å². The van der Waals surface area contributed by atoms with E-state index < -0.39 is 11.5 Å². The Labute approximate surface area is 113 Å². The number of likely N-dealkylation sites (N-methyl/N-ethyl adjacent to an activating group) is 1. The van der Waals surface area contributed by atoms with Crippen molar-refractivity contribution in [3.63, 3.8) is 0 Å². The summed E-state index contributed by atoms with van der Waals surface area (Å²) in [5.41, 5.74) is -0.559. The number of ether oxygens (including phenoxy) is 1. The van der Waals surface area contributed by atoms with Crippen LogP contribution in [-0.2, 0) is 9.53 Å². The van der Waals surface area contributed by atoms with Crippen molar-refractivity contribution >= 4 is 12.0 Å². The smallest absolute Gasteiger partial charge is 0.317 e. The van der Waals surface area contributed by atoms with E-state index in [-0.39, 0.29) is 18.5 Å². The molecule has 0 aromatic rings. The monoisotopic (exact) mass is 270 g/mol. The second-order valence-electron chi connectivity index (χ2n) is 5.62. The third kappa shape index (κ3) is 3.37. The zero-order valence-electron chi connectivity index (χ0n) is 11.4. The van der Waals surface area contributed by atoms with Crippen LogP contribution in [0.4, 0.5) is 4.79 Å². The first-order valence-electron chi connectivity index (χ1n) is 6.87. The number of nitrogens with zero attached hydrogens (tertiary/aromatic N) is 1. The number of hydrogen-bond acceptors (Lipinski definition) is 3. The predicted octanol–water partition coefficient (Wildman–Crippen LogP) is 1.20. The molecule has 1 aliphatic heterocycles. The summed E-state index contributed by atoms with van der Waals surface area (Å²) >= 11 is 0. The first kappa shape index (κ1) is 14.1. The molecule has 0 spiro atoms. The fourth-order valence-electron chi connectivity index (χ4n) is 3.00. The second-order valence-corrected chi connectivity index (χ2v) is 5.62. The number of aliphatic carboxylic acids is 1. The summed E-state index contributed by atoms with van der Waals surface area (Å²) in [6.45, 7) is 1.25. The number of carbonyl (C=O) groups excluding carboxylic acids is 1. The number of nitrogens with one attached hydrogen (secondary N) is 1. The van der Waals surface area contributed by atoms with Crippen LogP contribution in [0.15, 0.2) is 0 Å². The normalized spacial score (nSPS) is 25.2. The van der Waals surface area contributed by atoms with Crippen LogP contribution in [0.3, 0.4) is 0 Å². The molecule has 19 heavy (non-hydrogen) atoms. The lowest BCUT2D eigenvalue weighted by molar-refractivity contribution is -0.138. The van der Waals surface area contributed by atoms with Crippen LogP contribution in [0, 0.1) is 0 Å². The summed E-state index contributed by atoms with van der Waals surface area (Å²) in [4.78, 5) is 24.9. The summed E-state index contributed by atoms with van der Waals surface area (Å²) in [6, 6.07) is -0.0815. The molecule has 108 valence electrons. The van der Waals surface area contributed by atoms with Crippen LogP contribution in [0.25, 0.3) is 0 Å². The SMILES string of the molecule is CN(C(=O)NC1(CC(=O)O)CCCC1)C1CCOC1. The number of urea groups is 1. The first-order chi connectivity index (χ1) is 9.02. The van der Waals surface area contributed by atoms with Gasteiger partial charge in [-0.15, -0.1) is 0 Å². The first-order valence-corrected chi connectivity index (χ1v) is 6.87. The van der Waals surface area contributed by atoms with Crippen molar-refractivity contribution in [2.24, 2.45) is 0 Å². The summed E-state index contributed by atoms with van der Waals surface area (Å²) in [5, 5.41) is 12.0. The Kier molecular flexibility index (Phi) is 4.29. The summed E-state index contributed by atoms with van der Waals surface area (Å²) in [6.07, 6.45) is 4.30. The number of hydrogen-bond donors (Lipinski definition) is 2. The molecule has 1 atom stereocenters. The highest BCUT2D eigenvalue weighted by atomic mass is 16.5. The number of carboxylic acids is 1. The molecule has 0 aromatic heterocycles. The van der Waals surface area contributed by atoms with E-state index in [0.717, 1.165) is 32.1 Å². The van der Waals surface area contributed by atoms with Gasteiger partial charge in [0.2, 0.25) is 0 Å². The Hall–Kier alpha value is -1.30. The van der Waals surface area contributed by atoms with E-state index in [9.17, 15) is 9.59 Å². The summed E-state index contributed by atoms with van der Waals surface area (Å²) in [5.74, 6) is -0.853. The highest BCUT2D eigenvalue weighted by Gasteiger charge is 2.39. The van der Waals surface area contributed by atoms with Gasteiger partial charge in [-0.05, 0) is 19.3 Å². The van der Waals surface area contributed by atoms with Gasteiger partial charge in [-0.3, -0.25) is 4.79 Å². The Morgan fingerprint density at radius 1 is 1.42 bits per heavy atom. The molecule has 0 bridgehead atoms. The maximum Gasteiger partial charge on any atom is 0.317 e. The molecule has 0 aromatic carbocycles. The molecular formula is C13H22N2O4. The van der Waals surface area contributed by atoms with E-state index in [1.165, 1.54) is 0 Å². The Bertz CT molecular complexity index is 347. The van der Waals surface area contributed by atoms with Gasteiger partial charge in [-0.1, -0.05) is 12.8 Å². The summed E-state index contributed by atoms with van der Waals surface area (Å²) in [7, 11) is 1.75. The van der Waals surface area contributed by atoms with E-state index in [1.54, 1.807) is 11.9 Å². The summed E-state index contributed by atoms with van der Waals surface area (Å²) < 4.78 is 5.27. The maximum atomic E-state index is 12.2. The number of carbonyl (C=O) groups is 2. The van der Waals surface area contributed by atoms with Gasteiger partial charge in [0.25, 0.3) is 0 Å². The van der Waals surface area contributed by atoms with Gasteiger partial charge in [-0.2, -0.15) is 0 Å². The van der Waals surface area contributed by atoms with Gasteiger partial charge in [0.05, 0.1) is 24.6 Å². The van der Waals surface area contributed by atoms with Gasteiger partial charge in [-0.25, -0.2) is 4.79 Å². The third-order valence-corrected chi connectivity index (χ3v) is 4.20. The Morgan fingerprint density at radius 3 is 2.63 bits per heavy atom. The maximum absolute atomic E-state index is 12.2. The van der Waals surface area contributed by atoms with Crippen molar-refractivity contribution in [1.29, 1.82) is 0 Å².